The number of piperidine rings is 1. The number of morpholine rings is 1. The van der Waals surface area contributed by atoms with Crippen molar-refractivity contribution < 1.29 is 19.0 Å². The molecule has 0 unspecified atom stereocenters. The minimum Gasteiger partial charge on any atom is -0.491 e. The Bertz CT molecular complexity index is 704. The Morgan fingerprint density at radius 3 is 2.83 bits per heavy atom. The van der Waals surface area contributed by atoms with Gasteiger partial charge < -0.3 is 19.1 Å². The maximum Gasteiger partial charge on any atom is 0.246 e. The second-order valence-electron chi connectivity index (χ2n) is 8.56. The van der Waals surface area contributed by atoms with E-state index in [4.69, 9.17) is 14.2 Å². The van der Waals surface area contributed by atoms with E-state index in [0.717, 1.165) is 64.5 Å². The molecule has 4 rings (SSSR count). The van der Waals surface area contributed by atoms with Crippen LogP contribution in [0.1, 0.15) is 19.8 Å². The fraction of sp³-hybridized carbons (Fsp3) is 0.609. The molecule has 29 heavy (non-hydrogen) atoms. The van der Waals surface area contributed by atoms with Crippen molar-refractivity contribution >= 4 is 5.91 Å². The molecule has 0 bridgehead atoms. The quantitative estimate of drug-likeness (QED) is 0.686. The lowest BCUT2D eigenvalue weighted by atomic mass is 9.89. The molecule has 0 saturated carbocycles. The van der Waals surface area contributed by atoms with Gasteiger partial charge in [-0.15, -0.1) is 0 Å². The van der Waals surface area contributed by atoms with Gasteiger partial charge in [-0.1, -0.05) is 24.3 Å². The summed E-state index contributed by atoms with van der Waals surface area (Å²) in [5.74, 6) is 1.37. The van der Waals surface area contributed by atoms with Crippen LogP contribution in [0.15, 0.2) is 42.5 Å². The first kappa shape index (κ1) is 20.4. The van der Waals surface area contributed by atoms with Crippen LogP contribution >= 0.6 is 0 Å². The summed E-state index contributed by atoms with van der Waals surface area (Å²) in [6, 6.07) is 9.87. The van der Waals surface area contributed by atoms with Gasteiger partial charge in [0.2, 0.25) is 5.91 Å². The van der Waals surface area contributed by atoms with Gasteiger partial charge in [0, 0.05) is 44.7 Å². The highest BCUT2D eigenvalue weighted by Crippen LogP contribution is 2.39. The van der Waals surface area contributed by atoms with Gasteiger partial charge in [-0.2, -0.15) is 0 Å². The van der Waals surface area contributed by atoms with Gasteiger partial charge in [0.25, 0.3) is 0 Å². The Kier molecular flexibility index (Phi) is 6.53. The van der Waals surface area contributed by atoms with Crippen LogP contribution in [0.4, 0.5) is 0 Å². The van der Waals surface area contributed by atoms with E-state index < -0.39 is 0 Å². The molecule has 6 nitrogen and oxygen atoms in total. The van der Waals surface area contributed by atoms with Crippen LogP contribution < -0.4 is 4.74 Å². The molecule has 3 heterocycles. The summed E-state index contributed by atoms with van der Waals surface area (Å²) >= 11 is 0. The number of rotatable bonds is 6. The normalized spacial score (nSPS) is 30.4. The lowest BCUT2D eigenvalue weighted by Crippen LogP contribution is -2.44. The van der Waals surface area contributed by atoms with Gasteiger partial charge in [0.05, 0.1) is 19.3 Å². The Morgan fingerprint density at radius 1 is 1.24 bits per heavy atom. The lowest BCUT2D eigenvalue weighted by molar-refractivity contribution is -0.130. The Labute approximate surface area is 173 Å². The fourth-order valence-electron chi connectivity index (χ4n) is 4.57. The number of hydrogen-bond donors (Lipinski definition) is 0. The number of amides is 1. The van der Waals surface area contributed by atoms with Crippen molar-refractivity contribution in [3.05, 3.63) is 42.5 Å². The second kappa shape index (κ2) is 9.28. The molecule has 1 aromatic carbocycles. The molecule has 6 heteroatoms. The third-order valence-electron chi connectivity index (χ3n) is 6.12. The molecule has 0 aromatic heterocycles. The van der Waals surface area contributed by atoms with E-state index in [-0.39, 0.29) is 17.6 Å². The molecule has 3 aliphatic heterocycles. The molecular formula is C23H32N2O4. The summed E-state index contributed by atoms with van der Waals surface area (Å²) in [7, 11) is 0. The summed E-state index contributed by atoms with van der Waals surface area (Å²) in [6.45, 7) is 8.45. The third-order valence-corrected chi connectivity index (χ3v) is 6.12. The maximum atomic E-state index is 12.6. The summed E-state index contributed by atoms with van der Waals surface area (Å²) in [4.78, 5) is 16.9. The van der Waals surface area contributed by atoms with Crippen molar-refractivity contribution in [2.45, 2.75) is 31.5 Å². The number of likely N-dealkylation sites (tertiary alicyclic amines) is 1. The van der Waals surface area contributed by atoms with Crippen molar-refractivity contribution in [3.63, 3.8) is 0 Å². The first-order valence-corrected chi connectivity index (χ1v) is 10.7. The second-order valence-corrected chi connectivity index (χ2v) is 8.56. The number of hydrogen-bond acceptors (Lipinski definition) is 5. The molecule has 3 aliphatic rings. The topological polar surface area (TPSA) is 51.2 Å². The maximum absolute atomic E-state index is 12.6. The van der Waals surface area contributed by atoms with E-state index in [1.54, 1.807) is 6.08 Å². The van der Waals surface area contributed by atoms with E-state index >= 15 is 0 Å². The Morgan fingerprint density at radius 2 is 2.03 bits per heavy atom. The van der Waals surface area contributed by atoms with Crippen molar-refractivity contribution in [2.24, 2.45) is 5.92 Å². The molecule has 0 radical (unpaired) electrons. The Hall–Kier alpha value is -1.89. The largest absolute Gasteiger partial charge is 0.491 e. The molecule has 158 valence electrons. The predicted octanol–water partition coefficient (Wildman–Crippen LogP) is 2.35. The molecule has 1 aromatic rings. The average molecular weight is 401 g/mol. The standard InChI is InChI=1S/C23H32N2O4/c1-23(18-28-20-6-3-2-4-7-20)16-19-17-25(11-9-21(19)29-23)22(26)8-5-10-24-12-14-27-15-13-24/h2-8,19,21H,9-18H2,1H3/t19-,21+,23-/m1/s1. The minimum absolute atomic E-state index is 0.117. The zero-order valence-corrected chi connectivity index (χ0v) is 17.3. The van der Waals surface area contributed by atoms with E-state index in [9.17, 15) is 4.79 Å². The van der Waals surface area contributed by atoms with Crippen LogP contribution in [-0.4, -0.2) is 80.0 Å². The lowest BCUT2D eigenvalue weighted by Gasteiger charge is -2.33. The Balaban J connectivity index is 1.25. The number of carbonyl (C=O) groups excluding carboxylic acids is 1. The van der Waals surface area contributed by atoms with Crippen molar-refractivity contribution in [1.82, 2.24) is 9.80 Å². The monoisotopic (exact) mass is 400 g/mol. The number of benzene rings is 1. The minimum atomic E-state index is -0.295. The molecule has 3 saturated heterocycles. The summed E-state index contributed by atoms with van der Waals surface area (Å²) < 4.78 is 17.7. The predicted molar refractivity (Wildman–Crippen MR) is 111 cm³/mol. The highest BCUT2D eigenvalue weighted by molar-refractivity contribution is 5.87. The average Bonchev–Trinajstić information content (AvgIpc) is 3.09. The number of fused-ring (bicyclic) bond motifs is 1. The molecule has 3 atom stereocenters. The SMILES string of the molecule is C[C@]1(COc2ccccc2)C[C@@H]2CN(C(=O)C=CCN3CCOCC3)CC[C@@H]2O1. The third kappa shape index (κ3) is 5.38. The van der Waals surface area contributed by atoms with Crippen molar-refractivity contribution in [2.75, 3.05) is 52.5 Å². The van der Waals surface area contributed by atoms with Crippen molar-refractivity contribution in [1.29, 1.82) is 0 Å². The highest BCUT2D eigenvalue weighted by atomic mass is 16.6. The van der Waals surface area contributed by atoms with Gasteiger partial charge in [0.15, 0.2) is 0 Å². The van der Waals surface area contributed by atoms with Crippen LogP contribution in [0.2, 0.25) is 0 Å². The van der Waals surface area contributed by atoms with E-state index in [2.05, 4.69) is 11.8 Å². The van der Waals surface area contributed by atoms with Gasteiger partial charge in [-0.3, -0.25) is 9.69 Å². The first-order valence-electron chi connectivity index (χ1n) is 10.7. The summed E-state index contributed by atoms with van der Waals surface area (Å²) in [5.41, 5.74) is -0.295. The van der Waals surface area contributed by atoms with Crippen LogP contribution in [0.3, 0.4) is 0 Å². The molecule has 0 spiro atoms. The summed E-state index contributed by atoms with van der Waals surface area (Å²) in [5, 5.41) is 0. The zero-order chi connectivity index (χ0) is 20.1. The zero-order valence-electron chi connectivity index (χ0n) is 17.3. The van der Waals surface area contributed by atoms with Gasteiger partial charge in [-0.05, 0) is 31.9 Å². The molecular weight excluding hydrogens is 368 g/mol. The van der Waals surface area contributed by atoms with Crippen LogP contribution in [0, 0.1) is 5.92 Å². The summed E-state index contributed by atoms with van der Waals surface area (Å²) in [6.07, 6.45) is 5.77. The van der Waals surface area contributed by atoms with Crippen LogP contribution in [-0.2, 0) is 14.3 Å². The van der Waals surface area contributed by atoms with Gasteiger partial charge in [0.1, 0.15) is 18.0 Å². The van der Waals surface area contributed by atoms with Crippen LogP contribution in [0.5, 0.6) is 5.75 Å². The molecule has 1 amide bonds. The van der Waals surface area contributed by atoms with Crippen LogP contribution in [0.25, 0.3) is 0 Å². The van der Waals surface area contributed by atoms with Gasteiger partial charge in [-0.25, -0.2) is 0 Å². The number of nitrogens with zero attached hydrogens (tertiary/aromatic N) is 2. The van der Waals surface area contributed by atoms with E-state index in [1.807, 2.05) is 41.3 Å². The fourth-order valence-corrected chi connectivity index (χ4v) is 4.57. The van der Waals surface area contributed by atoms with E-state index in [1.165, 1.54) is 0 Å². The molecule has 0 N–H and O–H groups in total. The molecule has 3 fully saturated rings. The van der Waals surface area contributed by atoms with Gasteiger partial charge >= 0.3 is 0 Å². The smallest absolute Gasteiger partial charge is 0.246 e. The number of para-hydroxylation sites is 1. The highest BCUT2D eigenvalue weighted by Gasteiger charge is 2.46. The number of ether oxygens (including phenoxy) is 3. The van der Waals surface area contributed by atoms with Crippen molar-refractivity contribution in [3.8, 4) is 5.75 Å². The first-order chi connectivity index (χ1) is 14.1. The van der Waals surface area contributed by atoms with E-state index in [0.29, 0.717) is 12.5 Å². The molecule has 0 aliphatic carbocycles. The number of carbonyl (C=O) groups is 1.